The van der Waals surface area contributed by atoms with Gasteiger partial charge in [0.2, 0.25) is 5.88 Å². The summed E-state index contributed by atoms with van der Waals surface area (Å²) in [6.07, 6.45) is 0.792. The lowest BCUT2D eigenvalue weighted by atomic mass is 9.99. The number of amidine groups is 1. The summed E-state index contributed by atoms with van der Waals surface area (Å²) >= 11 is 6.07. The van der Waals surface area contributed by atoms with Crippen molar-refractivity contribution < 1.29 is 9.57 Å². The lowest BCUT2D eigenvalue weighted by Gasteiger charge is -2.23. The summed E-state index contributed by atoms with van der Waals surface area (Å²) in [7, 11) is 0. The second kappa shape index (κ2) is 8.81. The first kappa shape index (κ1) is 20.3. The average molecular weight is 423 g/mol. The SMILES string of the molecule is Cc1ccc(C)c(CC2CONC(c3cc(C)nnc3Oc3cccc(Cl)c3)=N2)c1. The molecule has 0 amide bonds. The molecule has 1 aliphatic rings. The first-order chi connectivity index (χ1) is 14.5. The third kappa shape index (κ3) is 4.78. The second-order valence-corrected chi connectivity index (χ2v) is 7.88. The first-order valence-electron chi connectivity index (χ1n) is 9.78. The average Bonchev–Trinajstić information content (AvgIpc) is 2.72. The van der Waals surface area contributed by atoms with E-state index in [1.807, 2.05) is 25.1 Å². The fourth-order valence-corrected chi connectivity index (χ4v) is 3.50. The number of hydrogen-bond donors (Lipinski definition) is 1. The molecule has 0 aliphatic carbocycles. The number of aryl methyl sites for hydroxylation is 3. The minimum Gasteiger partial charge on any atom is -0.437 e. The quantitative estimate of drug-likeness (QED) is 0.643. The standard InChI is InChI=1S/C23H23ClN4O2/c1-14-7-8-15(2)17(9-14)11-19-13-29-28-22(25-19)21-10-16(3)26-27-23(21)30-20-6-4-5-18(24)12-20/h4-10,12,19H,11,13H2,1-3H3,(H,25,28). The van der Waals surface area contributed by atoms with Gasteiger partial charge in [-0.2, -0.15) is 5.10 Å². The van der Waals surface area contributed by atoms with Crippen molar-refractivity contribution in [3.63, 3.8) is 0 Å². The smallest absolute Gasteiger partial charge is 0.250 e. The number of ether oxygens (including phenoxy) is 1. The van der Waals surface area contributed by atoms with Crippen molar-refractivity contribution in [2.45, 2.75) is 33.2 Å². The molecule has 1 N–H and O–H groups in total. The summed E-state index contributed by atoms with van der Waals surface area (Å²) in [6, 6.07) is 15.5. The Bertz CT molecular complexity index is 1100. The van der Waals surface area contributed by atoms with E-state index in [-0.39, 0.29) is 6.04 Å². The Hall–Kier alpha value is -2.96. The van der Waals surface area contributed by atoms with Crippen LogP contribution in [0.2, 0.25) is 5.02 Å². The number of aromatic nitrogens is 2. The molecule has 0 saturated heterocycles. The zero-order chi connectivity index (χ0) is 21.1. The van der Waals surface area contributed by atoms with Gasteiger partial charge in [-0.3, -0.25) is 9.83 Å². The monoisotopic (exact) mass is 422 g/mol. The fraction of sp³-hybridized carbons (Fsp3) is 0.261. The molecule has 2 aromatic carbocycles. The number of benzene rings is 2. The molecule has 0 bridgehead atoms. The highest BCUT2D eigenvalue weighted by Gasteiger charge is 2.22. The van der Waals surface area contributed by atoms with E-state index in [0.29, 0.717) is 34.7 Å². The number of hydrogen-bond acceptors (Lipinski definition) is 6. The normalized spacial score (nSPS) is 16.0. The van der Waals surface area contributed by atoms with Gasteiger partial charge in [-0.15, -0.1) is 5.10 Å². The summed E-state index contributed by atoms with van der Waals surface area (Å²) < 4.78 is 5.95. The lowest BCUT2D eigenvalue weighted by molar-refractivity contribution is 0.0623. The van der Waals surface area contributed by atoms with E-state index < -0.39 is 0 Å². The van der Waals surface area contributed by atoms with Crippen LogP contribution in [0.4, 0.5) is 0 Å². The highest BCUT2D eigenvalue weighted by atomic mass is 35.5. The van der Waals surface area contributed by atoms with E-state index in [1.165, 1.54) is 16.7 Å². The molecule has 0 radical (unpaired) electrons. The van der Waals surface area contributed by atoms with Gasteiger partial charge < -0.3 is 4.74 Å². The molecule has 7 heteroatoms. The maximum absolute atomic E-state index is 6.07. The Morgan fingerprint density at radius 1 is 1.10 bits per heavy atom. The van der Waals surface area contributed by atoms with Crippen LogP contribution in [0.15, 0.2) is 53.5 Å². The van der Waals surface area contributed by atoms with E-state index in [0.717, 1.165) is 12.1 Å². The molecule has 2 heterocycles. The number of nitrogens with zero attached hydrogens (tertiary/aromatic N) is 3. The Kier molecular flexibility index (Phi) is 5.97. The summed E-state index contributed by atoms with van der Waals surface area (Å²) in [5.74, 6) is 1.49. The summed E-state index contributed by atoms with van der Waals surface area (Å²) in [5.41, 5.74) is 8.12. The molecule has 1 aliphatic heterocycles. The van der Waals surface area contributed by atoms with Gasteiger partial charge in [-0.1, -0.05) is 41.4 Å². The van der Waals surface area contributed by atoms with Gasteiger partial charge in [0.05, 0.1) is 23.9 Å². The summed E-state index contributed by atoms with van der Waals surface area (Å²) in [4.78, 5) is 10.5. The predicted octanol–water partition coefficient (Wildman–Crippen LogP) is 4.74. The highest BCUT2D eigenvalue weighted by molar-refractivity contribution is 6.30. The van der Waals surface area contributed by atoms with Crippen LogP contribution in [-0.2, 0) is 11.3 Å². The van der Waals surface area contributed by atoms with E-state index in [4.69, 9.17) is 26.2 Å². The molecular formula is C23H23ClN4O2. The Balaban J connectivity index is 1.63. The van der Waals surface area contributed by atoms with Crippen molar-refractivity contribution in [1.29, 1.82) is 0 Å². The van der Waals surface area contributed by atoms with Crippen molar-refractivity contribution in [1.82, 2.24) is 15.7 Å². The summed E-state index contributed by atoms with van der Waals surface area (Å²) in [5, 5.41) is 8.93. The summed E-state index contributed by atoms with van der Waals surface area (Å²) in [6.45, 7) is 6.58. The molecule has 1 unspecified atom stereocenters. The van der Waals surface area contributed by atoms with E-state index in [1.54, 1.807) is 12.1 Å². The largest absolute Gasteiger partial charge is 0.437 e. The van der Waals surface area contributed by atoms with Gasteiger partial charge in [0, 0.05) is 5.02 Å². The fourth-order valence-electron chi connectivity index (χ4n) is 3.32. The maximum Gasteiger partial charge on any atom is 0.250 e. The first-order valence-corrected chi connectivity index (χ1v) is 10.2. The predicted molar refractivity (Wildman–Crippen MR) is 117 cm³/mol. The van der Waals surface area contributed by atoms with Crippen LogP contribution in [0.3, 0.4) is 0 Å². The van der Waals surface area contributed by atoms with Gasteiger partial charge in [-0.05, 0) is 62.6 Å². The van der Waals surface area contributed by atoms with Crippen molar-refractivity contribution in [3.8, 4) is 11.6 Å². The zero-order valence-electron chi connectivity index (χ0n) is 17.1. The van der Waals surface area contributed by atoms with Gasteiger partial charge in [-0.25, -0.2) is 5.48 Å². The third-order valence-electron chi connectivity index (χ3n) is 4.86. The number of hydroxylamine groups is 1. The Morgan fingerprint density at radius 3 is 2.80 bits per heavy atom. The Morgan fingerprint density at radius 2 is 1.97 bits per heavy atom. The topological polar surface area (TPSA) is 68.6 Å². The molecule has 1 atom stereocenters. The molecule has 154 valence electrons. The maximum atomic E-state index is 6.07. The second-order valence-electron chi connectivity index (χ2n) is 7.44. The van der Waals surface area contributed by atoms with Crippen LogP contribution in [0.1, 0.15) is 27.9 Å². The van der Waals surface area contributed by atoms with E-state index in [2.05, 4.69) is 47.7 Å². The van der Waals surface area contributed by atoms with Crippen LogP contribution < -0.4 is 10.2 Å². The molecule has 0 fully saturated rings. The molecular weight excluding hydrogens is 400 g/mol. The molecule has 30 heavy (non-hydrogen) atoms. The highest BCUT2D eigenvalue weighted by Crippen LogP contribution is 2.26. The number of halogens is 1. The third-order valence-corrected chi connectivity index (χ3v) is 5.10. The van der Waals surface area contributed by atoms with Crippen LogP contribution in [0.25, 0.3) is 0 Å². The van der Waals surface area contributed by atoms with Gasteiger partial charge in [0.25, 0.3) is 0 Å². The molecule has 4 rings (SSSR count). The van der Waals surface area contributed by atoms with Gasteiger partial charge in [0.1, 0.15) is 5.75 Å². The van der Waals surface area contributed by atoms with Crippen molar-refractivity contribution in [3.05, 3.63) is 81.5 Å². The van der Waals surface area contributed by atoms with Crippen molar-refractivity contribution in [2.24, 2.45) is 4.99 Å². The lowest BCUT2D eigenvalue weighted by Crippen LogP contribution is -2.37. The van der Waals surface area contributed by atoms with Crippen LogP contribution in [0, 0.1) is 20.8 Å². The zero-order valence-corrected chi connectivity index (χ0v) is 17.9. The van der Waals surface area contributed by atoms with Crippen LogP contribution >= 0.6 is 11.6 Å². The van der Waals surface area contributed by atoms with Gasteiger partial charge >= 0.3 is 0 Å². The number of aliphatic imine (C=N–C) groups is 1. The molecule has 6 nitrogen and oxygen atoms in total. The number of nitrogens with one attached hydrogen (secondary N) is 1. The molecule has 0 saturated carbocycles. The molecule has 3 aromatic rings. The van der Waals surface area contributed by atoms with E-state index >= 15 is 0 Å². The molecule has 1 aromatic heterocycles. The molecule has 0 spiro atoms. The van der Waals surface area contributed by atoms with Crippen molar-refractivity contribution >= 4 is 17.4 Å². The van der Waals surface area contributed by atoms with E-state index in [9.17, 15) is 0 Å². The van der Waals surface area contributed by atoms with Crippen LogP contribution in [0.5, 0.6) is 11.6 Å². The minimum atomic E-state index is -0.0192. The number of rotatable bonds is 5. The van der Waals surface area contributed by atoms with Crippen molar-refractivity contribution in [2.75, 3.05) is 6.61 Å². The minimum absolute atomic E-state index is 0.0192. The van der Waals surface area contributed by atoms with Crippen LogP contribution in [-0.4, -0.2) is 28.7 Å². The Labute approximate surface area is 180 Å². The van der Waals surface area contributed by atoms with Gasteiger partial charge in [0.15, 0.2) is 5.84 Å².